The summed E-state index contributed by atoms with van der Waals surface area (Å²) in [6.45, 7) is 7.61. The van der Waals surface area contributed by atoms with E-state index < -0.39 is 11.3 Å². The second kappa shape index (κ2) is 5.59. The van der Waals surface area contributed by atoms with E-state index in [-0.39, 0.29) is 7.43 Å². The molecule has 0 saturated heterocycles. The van der Waals surface area contributed by atoms with Crippen LogP contribution in [-0.2, 0) is 0 Å². The van der Waals surface area contributed by atoms with Gasteiger partial charge in [-0.1, -0.05) is 19.6 Å². The van der Waals surface area contributed by atoms with E-state index in [0.717, 1.165) is 22.3 Å². The van der Waals surface area contributed by atoms with Gasteiger partial charge in [0.15, 0.2) is 0 Å². The van der Waals surface area contributed by atoms with E-state index in [1.54, 1.807) is 0 Å². The van der Waals surface area contributed by atoms with Gasteiger partial charge in [-0.3, -0.25) is 0 Å². The van der Waals surface area contributed by atoms with Crippen LogP contribution in [0.1, 0.15) is 29.7 Å². The fourth-order valence-electron chi connectivity index (χ4n) is 3.53. The van der Waals surface area contributed by atoms with Gasteiger partial charge in [0.25, 0.3) is 0 Å². The van der Waals surface area contributed by atoms with Crippen molar-refractivity contribution in [2.45, 2.75) is 35.1 Å². The maximum absolute atomic E-state index is 12.7. The summed E-state index contributed by atoms with van der Waals surface area (Å²) >= 11 is 0. The lowest BCUT2D eigenvalue weighted by Gasteiger charge is -2.09. The van der Waals surface area contributed by atoms with E-state index in [2.05, 4.69) is 0 Å². The molecule has 4 aromatic rings. The lowest BCUT2D eigenvalue weighted by Crippen LogP contribution is -2.10. The third kappa shape index (κ3) is 2.37. The largest absolute Gasteiger partial charge is 0.422 e. The molecule has 0 bridgehead atoms. The molecule has 0 amide bonds. The Kier molecular flexibility index (Phi) is 3.79. The number of hydrogen-bond acceptors (Lipinski definition) is 4. The molecule has 0 N–H and O–H groups in total. The number of hydrogen-bond donors (Lipinski definition) is 0. The molecule has 0 aliphatic carbocycles. The summed E-state index contributed by atoms with van der Waals surface area (Å²) in [6, 6.07) is 7.57. The van der Waals surface area contributed by atoms with E-state index in [4.69, 9.17) is 8.83 Å². The van der Waals surface area contributed by atoms with Crippen LogP contribution in [0.5, 0.6) is 0 Å². The molecule has 0 unspecified atom stereocenters. The first-order chi connectivity index (χ1) is 11.4. The van der Waals surface area contributed by atoms with Gasteiger partial charge in [-0.15, -0.1) is 0 Å². The minimum atomic E-state index is -0.507. The topological polar surface area (TPSA) is 60.4 Å². The Labute approximate surface area is 144 Å². The zero-order valence-electron chi connectivity index (χ0n) is 13.9. The quantitative estimate of drug-likeness (QED) is 0.338. The Morgan fingerprint density at radius 3 is 1.36 bits per heavy atom. The second-order valence-corrected chi connectivity index (χ2v) is 6.45. The van der Waals surface area contributed by atoms with Gasteiger partial charge < -0.3 is 8.83 Å². The summed E-state index contributed by atoms with van der Waals surface area (Å²) in [5, 5.41) is 1.84. The van der Waals surface area contributed by atoms with E-state index in [9.17, 15) is 9.59 Å². The molecule has 4 nitrogen and oxygen atoms in total. The molecule has 2 aromatic carbocycles. The first-order valence-corrected chi connectivity index (χ1v) is 7.78. The molecule has 0 atom stereocenters. The van der Waals surface area contributed by atoms with Gasteiger partial charge in [0.2, 0.25) is 0 Å². The fraction of sp³-hybridized carbons (Fsp3) is 0.238. The van der Waals surface area contributed by atoms with Crippen molar-refractivity contribution in [1.29, 1.82) is 0 Å². The minimum absolute atomic E-state index is 0. The molecule has 0 radical (unpaired) electrons. The molecule has 0 aliphatic rings. The molecule has 128 valence electrons. The molecule has 0 fully saturated rings. The van der Waals surface area contributed by atoms with Gasteiger partial charge in [0, 0.05) is 10.8 Å². The smallest absolute Gasteiger partial charge is 0.345 e. The highest BCUT2D eigenvalue weighted by Gasteiger charge is 2.18. The average molecular weight is 336 g/mol. The van der Waals surface area contributed by atoms with E-state index in [0.29, 0.717) is 32.7 Å². The Bertz CT molecular complexity index is 1170. The molecule has 0 aliphatic heterocycles. The maximum atomic E-state index is 12.7. The van der Waals surface area contributed by atoms with Gasteiger partial charge >= 0.3 is 11.3 Å². The molecular formula is C21H20O4. The number of fused-ring (bicyclic) bond motifs is 5. The molecular weight excluding hydrogens is 316 g/mol. The SMILES string of the molecule is C.Cc1cc(C)c2oc(=O)c3c4cc(C)cc(C)c4oc(=O)c3c2c1. The first-order valence-electron chi connectivity index (χ1n) is 7.78. The van der Waals surface area contributed by atoms with Crippen LogP contribution >= 0.6 is 0 Å². The molecule has 4 heteroatoms. The summed E-state index contributed by atoms with van der Waals surface area (Å²) in [5.41, 5.74) is 3.50. The zero-order valence-corrected chi connectivity index (χ0v) is 13.9. The average Bonchev–Trinajstić information content (AvgIpc) is 2.49. The van der Waals surface area contributed by atoms with Gasteiger partial charge in [-0.25, -0.2) is 9.59 Å². The summed E-state index contributed by atoms with van der Waals surface area (Å²) in [6.07, 6.45) is 0. The molecule has 25 heavy (non-hydrogen) atoms. The van der Waals surface area contributed by atoms with Crippen molar-refractivity contribution in [3.05, 3.63) is 67.4 Å². The van der Waals surface area contributed by atoms with Crippen molar-refractivity contribution in [3.63, 3.8) is 0 Å². The van der Waals surface area contributed by atoms with Crippen LogP contribution in [0.3, 0.4) is 0 Å². The van der Waals surface area contributed by atoms with E-state index >= 15 is 0 Å². The van der Waals surface area contributed by atoms with Crippen molar-refractivity contribution in [3.8, 4) is 0 Å². The van der Waals surface area contributed by atoms with Crippen molar-refractivity contribution in [2.24, 2.45) is 0 Å². The number of benzene rings is 2. The van der Waals surface area contributed by atoms with Crippen molar-refractivity contribution in [1.82, 2.24) is 0 Å². The lowest BCUT2D eigenvalue weighted by atomic mass is 10.00. The molecule has 0 saturated carbocycles. The summed E-state index contributed by atoms with van der Waals surface area (Å²) in [7, 11) is 0. The van der Waals surface area contributed by atoms with Crippen LogP contribution in [0.4, 0.5) is 0 Å². The zero-order chi connectivity index (χ0) is 17.2. The third-order valence-corrected chi connectivity index (χ3v) is 4.42. The van der Waals surface area contributed by atoms with Crippen LogP contribution in [0.2, 0.25) is 0 Å². The minimum Gasteiger partial charge on any atom is -0.422 e. The third-order valence-electron chi connectivity index (χ3n) is 4.42. The normalized spacial score (nSPS) is 11.2. The van der Waals surface area contributed by atoms with Crippen molar-refractivity contribution in [2.75, 3.05) is 0 Å². The molecule has 2 heterocycles. The van der Waals surface area contributed by atoms with E-state index in [1.165, 1.54) is 0 Å². The lowest BCUT2D eigenvalue weighted by molar-refractivity contribution is 0.555. The van der Waals surface area contributed by atoms with Crippen LogP contribution in [-0.4, -0.2) is 0 Å². The van der Waals surface area contributed by atoms with Gasteiger partial charge in [0.05, 0.1) is 10.8 Å². The highest BCUT2D eigenvalue weighted by molar-refractivity contribution is 6.14. The van der Waals surface area contributed by atoms with Gasteiger partial charge in [-0.2, -0.15) is 0 Å². The Balaban J connectivity index is 0.00000182. The number of aryl methyl sites for hydroxylation is 4. The summed E-state index contributed by atoms with van der Waals surface area (Å²) in [4.78, 5) is 25.3. The maximum Gasteiger partial charge on any atom is 0.345 e. The van der Waals surface area contributed by atoms with Crippen LogP contribution < -0.4 is 11.3 Å². The van der Waals surface area contributed by atoms with Gasteiger partial charge in [-0.05, 0) is 62.1 Å². The Morgan fingerprint density at radius 2 is 1.00 bits per heavy atom. The van der Waals surface area contributed by atoms with Crippen molar-refractivity contribution >= 4 is 32.7 Å². The van der Waals surface area contributed by atoms with Crippen LogP contribution in [0.25, 0.3) is 32.7 Å². The standard InChI is InChI=1S/C20H16O4.CH4/c1-9-5-11(3)17-13(7-9)15-16(20(22)23-17)14-8-10(2)6-12(4)18(14)24-19(15)21;/h5-8H,1-4H3;1H4. The molecule has 0 spiro atoms. The molecule has 2 aromatic heterocycles. The predicted molar refractivity (Wildman–Crippen MR) is 102 cm³/mol. The highest BCUT2D eigenvalue weighted by atomic mass is 16.4. The highest BCUT2D eigenvalue weighted by Crippen LogP contribution is 2.30. The van der Waals surface area contributed by atoms with E-state index in [1.807, 2.05) is 52.0 Å². The number of rotatable bonds is 0. The van der Waals surface area contributed by atoms with Crippen molar-refractivity contribution < 1.29 is 8.83 Å². The first kappa shape index (κ1) is 17.0. The molecule has 4 rings (SSSR count). The summed E-state index contributed by atoms with van der Waals surface area (Å²) in [5.74, 6) is 0. The van der Waals surface area contributed by atoms with Crippen LogP contribution in [0, 0.1) is 27.7 Å². The fourth-order valence-corrected chi connectivity index (χ4v) is 3.53. The monoisotopic (exact) mass is 336 g/mol. The van der Waals surface area contributed by atoms with Crippen LogP contribution in [0.15, 0.2) is 42.7 Å². The Morgan fingerprint density at radius 1 is 0.640 bits per heavy atom. The predicted octanol–water partition coefficient (Wildman–Crippen LogP) is 4.92. The van der Waals surface area contributed by atoms with Gasteiger partial charge in [0.1, 0.15) is 11.2 Å². The summed E-state index contributed by atoms with van der Waals surface area (Å²) < 4.78 is 11.1. The Hall–Kier alpha value is -2.88. The second-order valence-electron chi connectivity index (χ2n) is 6.45.